The van der Waals surface area contributed by atoms with Crippen LogP contribution in [0.5, 0.6) is 28.7 Å². The number of carboxylic acids is 1. The lowest BCUT2D eigenvalue weighted by atomic mass is 9.79. The predicted octanol–water partition coefficient (Wildman–Crippen LogP) is 3.48. The fourth-order valence-corrected chi connectivity index (χ4v) is 5.01. The number of aliphatic hydroxyl groups excluding tert-OH is 1. The number of aliphatic carboxylic acids is 1. The Hall–Kier alpha value is -3.91. The molecule has 3 aromatic rings. The van der Waals surface area contributed by atoms with Crippen LogP contribution in [0, 0.1) is 5.92 Å². The molecule has 0 saturated carbocycles. The topological polar surface area (TPSA) is 115 Å². The SMILES string of the molecule is COc1ccc(C2c3cc(O)ccc3C(c3ccc4c(c3)OCO4)C2C(=O)O)c(OCCO)c1. The minimum Gasteiger partial charge on any atom is -0.508 e. The molecule has 0 bridgehead atoms. The van der Waals surface area contributed by atoms with E-state index in [0.717, 1.165) is 11.1 Å². The number of ether oxygens (including phenoxy) is 4. The number of aromatic hydroxyl groups is 1. The number of phenolic OH excluding ortho intramolecular Hbond substituents is 1. The molecule has 3 unspecified atom stereocenters. The molecule has 1 aliphatic heterocycles. The summed E-state index contributed by atoms with van der Waals surface area (Å²) < 4.78 is 22.1. The van der Waals surface area contributed by atoms with E-state index in [1.807, 2.05) is 12.1 Å². The van der Waals surface area contributed by atoms with Gasteiger partial charge in [-0.2, -0.15) is 0 Å². The quantitative estimate of drug-likeness (QED) is 0.487. The molecule has 0 aromatic heterocycles. The maximum atomic E-state index is 12.8. The van der Waals surface area contributed by atoms with E-state index in [-0.39, 0.29) is 25.8 Å². The molecule has 3 atom stereocenters. The van der Waals surface area contributed by atoms with Crippen LogP contribution in [-0.4, -0.2) is 48.4 Å². The molecule has 3 N–H and O–H groups in total. The zero-order valence-electron chi connectivity index (χ0n) is 18.4. The van der Waals surface area contributed by atoms with Gasteiger partial charge >= 0.3 is 5.97 Å². The number of aliphatic hydroxyl groups is 1. The smallest absolute Gasteiger partial charge is 0.308 e. The van der Waals surface area contributed by atoms with E-state index in [0.29, 0.717) is 34.1 Å². The molecule has 0 spiro atoms. The monoisotopic (exact) mass is 464 g/mol. The highest BCUT2D eigenvalue weighted by Crippen LogP contribution is 2.55. The first-order chi connectivity index (χ1) is 16.5. The molecule has 34 heavy (non-hydrogen) atoms. The van der Waals surface area contributed by atoms with Crippen molar-refractivity contribution in [2.24, 2.45) is 5.92 Å². The van der Waals surface area contributed by atoms with Gasteiger partial charge in [-0.3, -0.25) is 4.79 Å². The summed E-state index contributed by atoms with van der Waals surface area (Å²) in [4.78, 5) is 12.8. The van der Waals surface area contributed by atoms with E-state index >= 15 is 0 Å². The number of hydrogen-bond acceptors (Lipinski definition) is 7. The molecule has 0 fully saturated rings. The van der Waals surface area contributed by atoms with E-state index in [9.17, 15) is 20.1 Å². The largest absolute Gasteiger partial charge is 0.508 e. The Bertz CT molecular complexity index is 1240. The summed E-state index contributed by atoms with van der Waals surface area (Å²) in [6, 6.07) is 15.6. The lowest BCUT2D eigenvalue weighted by Gasteiger charge is -2.24. The molecule has 1 heterocycles. The van der Waals surface area contributed by atoms with Crippen molar-refractivity contribution in [2.45, 2.75) is 11.8 Å². The summed E-state index contributed by atoms with van der Waals surface area (Å²) in [6.45, 7) is -0.0275. The third-order valence-electron chi connectivity index (χ3n) is 6.40. The van der Waals surface area contributed by atoms with Gasteiger partial charge in [-0.15, -0.1) is 0 Å². The van der Waals surface area contributed by atoms with Crippen molar-refractivity contribution in [3.05, 3.63) is 76.9 Å². The lowest BCUT2D eigenvalue weighted by Crippen LogP contribution is -2.24. The Morgan fingerprint density at radius 1 is 0.971 bits per heavy atom. The first-order valence-electron chi connectivity index (χ1n) is 10.9. The summed E-state index contributed by atoms with van der Waals surface area (Å²) in [6.07, 6.45) is 0. The fourth-order valence-electron chi connectivity index (χ4n) is 5.01. The zero-order chi connectivity index (χ0) is 23.8. The maximum absolute atomic E-state index is 12.8. The van der Waals surface area contributed by atoms with E-state index in [1.54, 1.807) is 42.5 Å². The predicted molar refractivity (Wildman–Crippen MR) is 121 cm³/mol. The van der Waals surface area contributed by atoms with Gasteiger partial charge in [0, 0.05) is 23.5 Å². The molecule has 8 heteroatoms. The standard InChI is InChI=1S/C26H24O8/c1-31-16-4-6-18(21(12-16)32-9-8-27)24-19-11-15(28)3-5-17(19)23(25(24)26(29)30)14-2-7-20-22(10-14)34-13-33-20/h2-7,10-12,23-25,27-28H,8-9,13H2,1H3,(H,29,30). The van der Waals surface area contributed by atoms with Gasteiger partial charge in [0.05, 0.1) is 19.6 Å². The average molecular weight is 464 g/mol. The molecular formula is C26H24O8. The maximum Gasteiger partial charge on any atom is 0.308 e. The molecule has 8 nitrogen and oxygen atoms in total. The summed E-state index contributed by atoms with van der Waals surface area (Å²) in [7, 11) is 1.53. The summed E-state index contributed by atoms with van der Waals surface area (Å²) >= 11 is 0. The number of fused-ring (bicyclic) bond motifs is 2. The van der Waals surface area contributed by atoms with E-state index < -0.39 is 23.7 Å². The number of hydrogen-bond donors (Lipinski definition) is 3. The minimum absolute atomic E-state index is 0.0448. The fraction of sp³-hybridized carbons (Fsp3) is 0.269. The van der Waals surface area contributed by atoms with Crippen LogP contribution in [0.1, 0.15) is 34.1 Å². The van der Waals surface area contributed by atoms with Gasteiger partial charge in [-0.05, 0) is 47.0 Å². The van der Waals surface area contributed by atoms with Gasteiger partial charge < -0.3 is 34.3 Å². The number of rotatable bonds is 7. The second-order valence-electron chi connectivity index (χ2n) is 8.22. The van der Waals surface area contributed by atoms with Gasteiger partial charge in [0.15, 0.2) is 11.5 Å². The molecule has 0 amide bonds. The Kier molecular flexibility index (Phi) is 5.67. The van der Waals surface area contributed by atoms with Crippen LogP contribution in [0.4, 0.5) is 0 Å². The first-order valence-corrected chi connectivity index (χ1v) is 10.9. The van der Waals surface area contributed by atoms with E-state index in [2.05, 4.69) is 0 Å². The van der Waals surface area contributed by atoms with Gasteiger partial charge in [0.25, 0.3) is 0 Å². The van der Waals surface area contributed by atoms with Crippen molar-refractivity contribution < 1.29 is 39.1 Å². The Labute approximate surface area is 195 Å². The number of phenols is 1. The Morgan fingerprint density at radius 2 is 1.76 bits per heavy atom. The number of methoxy groups -OCH3 is 1. The van der Waals surface area contributed by atoms with Crippen LogP contribution in [0.25, 0.3) is 0 Å². The Balaban J connectivity index is 1.69. The first kappa shape index (κ1) is 21.9. The van der Waals surface area contributed by atoms with Crippen molar-refractivity contribution in [1.82, 2.24) is 0 Å². The lowest BCUT2D eigenvalue weighted by molar-refractivity contribution is -0.142. The highest BCUT2D eigenvalue weighted by atomic mass is 16.7. The average Bonchev–Trinajstić information content (AvgIpc) is 3.44. The second-order valence-corrected chi connectivity index (χ2v) is 8.22. The Morgan fingerprint density at radius 3 is 2.53 bits per heavy atom. The van der Waals surface area contributed by atoms with Gasteiger partial charge in [0.2, 0.25) is 6.79 Å². The van der Waals surface area contributed by atoms with Crippen LogP contribution in [0.3, 0.4) is 0 Å². The number of benzene rings is 3. The van der Waals surface area contributed by atoms with Crippen molar-refractivity contribution >= 4 is 5.97 Å². The van der Waals surface area contributed by atoms with E-state index in [4.69, 9.17) is 18.9 Å². The van der Waals surface area contributed by atoms with Crippen molar-refractivity contribution in [3.63, 3.8) is 0 Å². The number of carbonyl (C=O) groups is 1. The van der Waals surface area contributed by atoms with Crippen molar-refractivity contribution in [2.75, 3.05) is 27.1 Å². The molecule has 0 radical (unpaired) electrons. The highest BCUT2D eigenvalue weighted by Gasteiger charge is 2.48. The molecule has 5 rings (SSSR count). The summed E-state index contributed by atoms with van der Waals surface area (Å²) in [5.41, 5.74) is 2.92. The molecule has 1 aliphatic carbocycles. The van der Waals surface area contributed by atoms with Crippen LogP contribution < -0.4 is 18.9 Å². The van der Waals surface area contributed by atoms with Crippen LogP contribution in [0.15, 0.2) is 54.6 Å². The van der Waals surface area contributed by atoms with Crippen LogP contribution >= 0.6 is 0 Å². The highest BCUT2D eigenvalue weighted by molar-refractivity contribution is 5.78. The zero-order valence-corrected chi connectivity index (χ0v) is 18.4. The van der Waals surface area contributed by atoms with Crippen LogP contribution in [0.2, 0.25) is 0 Å². The number of carboxylic acid groups (broad SMARTS) is 1. The molecule has 0 saturated heterocycles. The van der Waals surface area contributed by atoms with Gasteiger partial charge in [0.1, 0.15) is 23.9 Å². The van der Waals surface area contributed by atoms with E-state index in [1.165, 1.54) is 7.11 Å². The van der Waals surface area contributed by atoms with Crippen molar-refractivity contribution in [1.29, 1.82) is 0 Å². The molecule has 176 valence electrons. The third kappa shape index (κ3) is 3.66. The summed E-state index contributed by atoms with van der Waals surface area (Å²) in [5, 5.41) is 30.1. The third-order valence-corrected chi connectivity index (χ3v) is 6.40. The van der Waals surface area contributed by atoms with Gasteiger partial charge in [-0.25, -0.2) is 0 Å². The molecule has 2 aliphatic rings. The van der Waals surface area contributed by atoms with Crippen LogP contribution in [-0.2, 0) is 4.79 Å². The molecular weight excluding hydrogens is 440 g/mol. The normalized spacial score (nSPS) is 20.1. The minimum atomic E-state index is -0.979. The van der Waals surface area contributed by atoms with Crippen molar-refractivity contribution in [3.8, 4) is 28.7 Å². The van der Waals surface area contributed by atoms with Gasteiger partial charge in [-0.1, -0.05) is 18.2 Å². The molecule has 3 aromatic carbocycles. The summed E-state index contributed by atoms with van der Waals surface area (Å²) in [5.74, 6) is -0.780. The second kappa shape index (κ2) is 8.79.